The molecule has 1 aliphatic heterocycles. The number of carbonyl (C=O) groups excluding carboxylic acids is 2. The van der Waals surface area contributed by atoms with Crippen molar-refractivity contribution in [3.8, 4) is 0 Å². The van der Waals surface area contributed by atoms with Crippen LogP contribution in [0.1, 0.15) is 29.7 Å². The van der Waals surface area contributed by atoms with Crippen molar-refractivity contribution in [3.05, 3.63) is 76.5 Å². The lowest BCUT2D eigenvalue weighted by Crippen LogP contribution is -2.46. The first-order valence-corrected chi connectivity index (χ1v) is 8.49. The molecule has 1 aliphatic rings. The third-order valence-electron chi connectivity index (χ3n) is 4.41. The Morgan fingerprint density at radius 3 is 2.32 bits per heavy atom. The summed E-state index contributed by atoms with van der Waals surface area (Å²) >= 11 is 0. The van der Waals surface area contributed by atoms with E-state index in [1.807, 2.05) is 19.1 Å². The molecule has 146 valence electrons. The van der Waals surface area contributed by atoms with Crippen molar-refractivity contribution in [2.75, 3.05) is 5.32 Å². The standard InChI is InChI=1S/C20H18F3N3O2/c1-11-7-9-13(10-8-11)17-16(12(2)24-19(28)26-17)18(27)25-15-6-4-3-5-14(15)20(21,22)23/h3-10,17H,1-2H3,(H,25,27)(H2,24,26,28)/t17-/m0/s1. The molecule has 3 N–H and O–H groups in total. The number of allylic oxidation sites excluding steroid dienone is 1. The van der Waals surface area contributed by atoms with Crippen molar-refractivity contribution in [1.29, 1.82) is 0 Å². The maximum atomic E-state index is 13.2. The van der Waals surface area contributed by atoms with E-state index in [2.05, 4.69) is 16.0 Å². The third-order valence-corrected chi connectivity index (χ3v) is 4.41. The maximum absolute atomic E-state index is 13.2. The monoisotopic (exact) mass is 389 g/mol. The highest BCUT2D eigenvalue weighted by atomic mass is 19.4. The van der Waals surface area contributed by atoms with Crippen LogP contribution in [0.4, 0.5) is 23.7 Å². The fraction of sp³-hybridized carbons (Fsp3) is 0.200. The van der Waals surface area contributed by atoms with Gasteiger partial charge in [-0.25, -0.2) is 4.79 Å². The quantitative estimate of drug-likeness (QED) is 0.733. The summed E-state index contributed by atoms with van der Waals surface area (Å²) in [6, 6.07) is 10.6. The number of anilines is 1. The topological polar surface area (TPSA) is 70.2 Å². The number of benzene rings is 2. The Bertz CT molecular complexity index is 950. The van der Waals surface area contributed by atoms with Crippen molar-refractivity contribution < 1.29 is 22.8 Å². The summed E-state index contributed by atoms with van der Waals surface area (Å²) in [5.74, 6) is -0.729. The van der Waals surface area contributed by atoms with Gasteiger partial charge in [0.15, 0.2) is 0 Å². The number of urea groups is 1. The Labute approximate surface area is 159 Å². The van der Waals surface area contributed by atoms with Gasteiger partial charge in [-0.05, 0) is 31.5 Å². The van der Waals surface area contributed by atoms with Crippen LogP contribution in [0.2, 0.25) is 0 Å². The zero-order chi connectivity index (χ0) is 20.5. The molecule has 0 aromatic heterocycles. The van der Waals surface area contributed by atoms with Crippen molar-refractivity contribution in [1.82, 2.24) is 10.6 Å². The Balaban J connectivity index is 1.98. The normalized spacial score (nSPS) is 17.0. The second-order valence-electron chi connectivity index (χ2n) is 6.48. The molecule has 3 amide bonds. The second-order valence-corrected chi connectivity index (χ2v) is 6.48. The fourth-order valence-electron chi connectivity index (χ4n) is 3.03. The highest BCUT2D eigenvalue weighted by Gasteiger charge is 2.35. The van der Waals surface area contributed by atoms with Crippen LogP contribution in [0.3, 0.4) is 0 Å². The van der Waals surface area contributed by atoms with E-state index >= 15 is 0 Å². The van der Waals surface area contributed by atoms with E-state index in [1.54, 1.807) is 12.1 Å². The first kappa shape index (κ1) is 19.5. The molecule has 0 bridgehead atoms. The van der Waals surface area contributed by atoms with Gasteiger partial charge in [0, 0.05) is 5.70 Å². The van der Waals surface area contributed by atoms with Crippen molar-refractivity contribution in [2.45, 2.75) is 26.1 Å². The SMILES string of the molecule is CC1=C(C(=O)Nc2ccccc2C(F)(F)F)[C@H](c2ccc(C)cc2)NC(=O)N1. The molecular formula is C20H18F3N3O2. The molecule has 0 saturated heterocycles. The third kappa shape index (κ3) is 4.00. The van der Waals surface area contributed by atoms with Crippen molar-refractivity contribution in [2.24, 2.45) is 0 Å². The molecule has 2 aromatic carbocycles. The average molecular weight is 389 g/mol. The number of nitrogens with one attached hydrogen (secondary N) is 3. The number of hydrogen-bond donors (Lipinski definition) is 3. The minimum atomic E-state index is -4.61. The number of halogens is 3. The highest BCUT2D eigenvalue weighted by molar-refractivity contribution is 6.07. The molecule has 0 saturated carbocycles. The number of hydrogen-bond acceptors (Lipinski definition) is 2. The highest BCUT2D eigenvalue weighted by Crippen LogP contribution is 2.35. The van der Waals surface area contributed by atoms with Gasteiger partial charge in [0.25, 0.3) is 5.91 Å². The number of aryl methyl sites for hydroxylation is 1. The largest absolute Gasteiger partial charge is 0.418 e. The zero-order valence-corrected chi connectivity index (χ0v) is 15.1. The molecule has 0 fully saturated rings. The molecule has 8 heteroatoms. The van der Waals surface area contributed by atoms with Crippen LogP contribution < -0.4 is 16.0 Å². The Morgan fingerprint density at radius 2 is 1.68 bits per heavy atom. The minimum absolute atomic E-state index is 0.139. The van der Waals surface area contributed by atoms with E-state index < -0.39 is 29.7 Å². The number of rotatable bonds is 3. The zero-order valence-electron chi connectivity index (χ0n) is 15.1. The summed E-state index contributed by atoms with van der Waals surface area (Å²) in [4.78, 5) is 24.8. The Hall–Kier alpha value is -3.29. The lowest BCUT2D eigenvalue weighted by atomic mass is 9.94. The van der Waals surface area contributed by atoms with E-state index in [0.717, 1.165) is 11.6 Å². The van der Waals surface area contributed by atoms with Crippen LogP contribution in [-0.4, -0.2) is 11.9 Å². The molecule has 1 atom stereocenters. The van der Waals surface area contributed by atoms with E-state index in [4.69, 9.17) is 0 Å². The molecule has 0 spiro atoms. The molecule has 2 aromatic rings. The summed E-state index contributed by atoms with van der Waals surface area (Å²) in [6.07, 6.45) is -4.61. The van der Waals surface area contributed by atoms with Crippen molar-refractivity contribution in [3.63, 3.8) is 0 Å². The lowest BCUT2D eigenvalue weighted by molar-refractivity contribution is -0.137. The van der Waals surface area contributed by atoms with Crippen LogP contribution in [0.15, 0.2) is 59.8 Å². The predicted octanol–water partition coefficient (Wildman–Crippen LogP) is 4.28. The molecule has 0 aliphatic carbocycles. The van der Waals surface area contributed by atoms with Gasteiger partial charge in [-0.1, -0.05) is 42.0 Å². The van der Waals surface area contributed by atoms with Gasteiger partial charge in [-0.15, -0.1) is 0 Å². The molecule has 3 rings (SSSR count). The minimum Gasteiger partial charge on any atom is -0.327 e. The summed E-state index contributed by atoms with van der Waals surface area (Å²) < 4.78 is 39.6. The van der Waals surface area contributed by atoms with Gasteiger partial charge < -0.3 is 16.0 Å². The van der Waals surface area contributed by atoms with E-state index in [0.29, 0.717) is 5.56 Å². The molecule has 0 radical (unpaired) electrons. The molecular weight excluding hydrogens is 371 g/mol. The van der Waals surface area contributed by atoms with Crippen LogP contribution in [-0.2, 0) is 11.0 Å². The second kappa shape index (κ2) is 7.38. The fourth-order valence-corrected chi connectivity index (χ4v) is 3.03. The van der Waals surface area contributed by atoms with Gasteiger partial charge in [0.05, 0.1) is 22.9 Å². The van der Waals surface area contributed by atoms with Crippen LogP contribution in [0.25, 0.3) is 0 Å². The van der Waals surface area contributed by atoms with Crippen LogP contribution in [0, 0.1) is 6.92 Å². The molecule has 1 heterocycles. The lowest BCUT2D eigenvalue weighted by Gasteiger charge is -2.29. The first-order chi connectivity index (χ1) is 13.2. The van der Waals surface area contributed by atoms with E-state index in [-0.39, 0.29) is 17.0 Å². The predicted molar refractivity (Wildman–Crippen MR) is 98.4 cm³/mol. The van der Waals surface area contributed by atoms with E-state index in [9.17, 15) is 22.8 Å². The van der Waals surface area contributed by atoms with Gasteiger partial charge in [-0.3, -0.25) is 4.79 Å². The molecule has 5 nitrogen and oxygen atoms in total. The summed E-state index contributed by atoms with van der Waals surface area (Å²) in [6.45, 7) is 3.43. The maximum Gasteiger partial charge on any atom is 0.418 e. The van der Waals surface area contributed by atoms with E-state index in [1.165, 1.54) is 25.1 Å². The number of amides is 3. The number of para-hydroxylation sites is 1. The molecule has 0 unspecified atom stereocenters. The van der Waals surface area contributed by atoms with Crippen molar-refractivity contribution >= 4 is 17.6 Å². The van der Waals surface area contributed by atoms with Gasteiger partial charge >= 0.3 is 12.2 Å². The Kier molecular flexibility index (Phi) is 5.13. The van der Waals surface area contributed by atoms with Gasteiger partial charge in [-0.2, -0.15) is 13.2 Å². The van der Waals surface area contributed by atoms with Gasteiger partial charge in [0.1, 0.15) is 0 Å². The molecule has 28 heavy (non-hydrogen) atoms. The average Bonchev–Trinajstić information content (AvgIpc) is 2.61. The number of carbonyl (C=O) groups is 2. The van der Waals surface area contributed by atoms with Crippen LogP contribution in [0.5, 0.6) is 0 Å². The first-order valence-electron chi connectivity index (χ1n) is 8.49. The van der Waals surface area contributed by atoms with Crippen LogP contribution >= 0.6 is 0 Å². The number of alkyl halides is 3. The smallest absolute Gasteiger partial charge is 0.327 e. The summed E-state index contributed by atoms with van der Waals surface area (Å²) in [5, 5.41) is 7.49. The van der Waals surface area contributed by atoms with Gasteiger partial charge in [0.2, 0.25) is 0 Å². The summed E-state index contributed by atoms with van der Waals surface area (Å²) in [5.41, 5.74) is 0.766. The Morgan fingerprint density at radius 1 is 1.04 bits per heavy atom. The summed E-state index contributed by atoms with van der Waals surface area (Å²) in [7, 11) is 0.